The maximum absolute atomic E-state index is 12.6. The van der Waals surface area contributed by atoms with Crippen LogP contribution in [0.1, 0.15) is 11.3 Å². The highest BCUT2D eigenvalue weighted by atomic mass is 35.5. The average Bonchev–Trinajstić information content (AvgIpc) is 2.65. The molecule has 1 aromatic carbocycles. The number of nitrogens with zero attached hydrogens (tertiary/aromatic N) is 2. The molecule has 2 rings (SSSR count). The lowest BCUT2D eigenvalue weighted by molar-refractivity contribution is 0.413. The molecule has 114 valence electrons. The van der Waals surface area contributed by atoms with Crippen LogP contribution in [0.2, 0.25) is 5.15 Å². The monoisotopic (exact) mass is 329 g/mol. The van der Waals surface area contributed by atoms with Gasteiger partial charge < -0.3 is 10.5 Å². The molecule has 1 aromatic heterocycles. The molecular formula is C13H16ClN3O3S. The van der Waals surface area contributed by atoms with Gasteiger partial charge in [0.1, 0.15) is 10.9 Å². The van der Waals surface area contributed by atoms with E-state index in [0.717, 1.165) is 0 Å². The first-order valence-electron chi connectivity index (χ1n) is 6.10. The maximum atomic E-state index is 12.6. The SMILES string of the molecule is COc1ccc(N)c(S(=O)(=O)Cc2c(C)nn(C)c2Cl)c1. The molecule has 0 bridgehead atoms. The van der Waals surface area contributed by atoms with E-state index in [9.17, 15) is 8.42 Å². The van der Waals surface area contributed by atoms with Gasteiger partial charge in [0.15, 0.2) is 9.84 Å². The Hall–Kier alpha value is -1.73. The largest absolute Gasteiger partial charge is 0.497 e. The van der Waals surface area contributed by atoms with Gasteiger partial charge in [-0.3, -0.25) is 4.68 Å². The average molecular weight is 330 g/mol. The zero-order chi connectivity index (χ0) is 15.8. The number of methoxy groups -OCH3 is 1. The number of aryl methyl sites for hydroxylation is 2. The topological polar surface area (TPSA) is 87.2 Å². The van der Waals surface area contributed by atoms with Crippen molar-refractivity contribution < 1.29 is 13.2 Å². The fourth-order valence-corrected chi connectivity index (χ4v) is 3.94. The van der Waals surface area contributed by atoms with Gasteiger partial charge in [-0.2, -0.15) is 5.10 Å². The zero-order valence-corrected chi connectivity index (χ0v) is 13.5. The van der Waals surface area contributed by atoms with E-state index in [-0.39, 0.29) is 16.3 Å². The Kier molecular flexibility index (Phi) is 4.15. The summed E-state index contributed by atoms with van der Waals surface area (Å²) in [4.78, 5) is 0.0289. The van der Waals surface area contributed by atoms with Gasteiger partial charge in [0.25, 0.3) is 0 Å². The number of rotatable bonds is 4. The predicted molar refractivity (Wildman–Crippen MR) is 81.3 cm³/mol. The summed E-state index contributed by atoms with van der Waals surface area (Å²) in [6, 6.07) is 4.52. The molecule has 6 nitrogen and oxygen atoms in total. The number of hydrogen-bond acceptors (Lipinski definition) is 5. The molecule has 0 radical (unpaired) electrons. The lowest BCUT2D eigenvalue weighted by Crippen LogP contribution is -2.09. The number of benzene rings is 1. The fourth-order valence-electron chi connectivity index (χ4n) is 2.02. The molecular weight excluding hydrogens is 314 g/mol. The highest BCUT2D eigenvalue weighted by molar-refractivity contribution is 7.90. The Morgan fingerprint density at radius 3 is 2.62 bits per heavy atom. The minimum Gasteiger partial charge on any atom is -0.497 e. The summed E-state index contributed by atoms with van der Waals surface area (Å²) < 4.78 is 31.6. The van der Waals surface area contributed by atoms with Gasteiger partial charge >= 0.3 is 0 Å². The lowest BCUT2D eigenvalue weighted by atomic mass is 10.3. The van der Waals surface area contributed by atoms with Crippen molar-refractivity contribution in [2.75, 3.05) is 12.8 Å². The number of ether oxygens (including phenoxy) is 1. The molecule has 0 fully saturated rings. The number of nitrogens with two attached hydrogens (primary N) is 1. The quantitative estimate of drug-likeness (QED) is 0.866. The summed E-state index contributed by atoms with van der Waals surface area (Å²) in [6.07, 6.45) is 0. The molecule has 21 heavy (non-hydrogen) atoms. The molecule has 0 saturated carbocycles. The second-order valence-corrected chi connectivity index (χ2v) is 6.96. The summed E-state index contributed by atoms with van der Waals surface area (Å²) in [5.41, 5.74) is 7.00. The Morgan fingerprint density at radius 2 is 2.10 bits per heavy atom. The smallest absolute Gasteiger partial charge is 0.184 e. The van der Waals surface area contributed by atoms with Crippen LogP contribution >= 0.6 is 11.6 Å². The van der Waals surface area contributed by atoms with Crippen LogP contribution in [-0.4, -0.2) is 25.3 Å². The zero-order valence-electron chi connectivity index (χ0n) is 11.9. The second-order valence-electron chi connectivity index (χ2n) is 4.64. The number of nitrogen functional groups attached to an aromatic ring is 1. The van der Waals surface area contributed by atoms with E-state index >= 15 is 0 Å². The van der Waals surface area contributed by atoms with Crippen molar-refractivity contribution in [2.45, 2.75) is 17.6 Å². The first-order chi connectivity index (χ1) is 9.76. The first kappa shape index (κ1) is 15.7. The van der Waals surface area contributed by atoms with E-state index in [2.05, 4.69) is 5.10 Å². The second kappa shape index (κ2) is 5.57. The van der Waals surface area contributed by atoms with Crippen LogP contribution in [0.25, 0.3) is 0 Å². The summed E-state index contributed by atoms with van der Waals surface area (Å²) in [5.74, 6) is 0.167. The summed E-state index contributed by atoms with van der Waals surface area (Å²) in [7, 11) is -0.531. The number of anilines is 1. The van der Waals surface area contributed by atoms with Crippen LogP contribution in [0, 0.1) is 6.92 Å². The van der Waals surface area contributed by atoms with Crippen molar-refractivity contribution in [3.05, 3.63) is 34.6 Å². The summed E-state index contributed by atoms with van der Waals surface area (Å²) in [6.45, 7) is 1.71. The van der Waals surface area contributed by atoms with E-state index in [4.69, 9.17) is 22.1 Å². The van der Waals surface area contributed by atoms with Gasteiger partial charge in [0, 0.05) is 18.7 Å². The molecule has 0 atom stereocenters. The Balaban J connectivity index is 2.48. The highest BCUT2D eigenvalue weighted by Crippen LogP contribution is 2.29. The third-order valence-electron chi connectivity index (χ3n) is 3.16. The van der Waals surface area contributed by atoms with Crippen LogP contribution in [0.3, 0.4) is 0 Å². The third-order valence-corrected chi connectivity index (χ3v) is 5.33. The van der Waals surface area contributed by atoms with Gasteiger partial charge in [-0.25, -0.2) is 8.42 Å². The van der Waals surface area contributed by atoms with Crippen molar-refractivity contribution in [3.8, 4) is 5.75 Å². The van der Waals surface area contributed by atoms with Crippen molar-refractivity contribution in [1.82, 2.24) is 9.78 Å². The van der Waals surface area contributed by atoms with Crippen LogP contribution in [0.15, 0.2) is 23.1 Å². The van der Waals surface area contributed by atoms with E-state index < -0.39 is 9.84 Å². The number of aromatic nitrogens is 2. The molecule has 0 aliphatic carbocycles. The Labute approximate surface area is 128 Å². The minimum atomic E-state index is -3.65. The van der Waals surface area contributed by atoms with Crippen LogP contribution < -0.4 is 10.5 Å². The molecule has 0 aliphatic heterocycles. The van der Waals surface area contributed by atoms with Crippen LogP contribution in [0.4, 0.5) is 5.69 Å². The molecule has 0 amide bonds. The van der Waals surface area contributed by atoms with Crippen molar-refractivity contribution in [2.24, 2.45) is 7.05 Å². The minimum absolute atomic E-state index is 0.0289. The number of halogens is 1. The van der Waals surface area contributed by atoms with Gasteiger partial charge in [-0.05, 0) is 19.1 Å². The van der Waals surface area contributed by atoms with Crippen molar-refractivity contribution in [1.29, 1.82) is 0 Å². The molecule has 2 aromatic rings. The Morgan fingerprint density at radius 1 is 1.43 bits per heavy atom. The van der Waals surface area contributed by atoms with Gasteiger partial charge in [-0.15, -0.1) is 0 Å². The van der Waals surface area contributed by atoms with Gasteiger partial charge in [0.05, 0.1) is 29.1 Å². The van der Waals surface area contributed by atoms with Crippen LogP contribution in [0.5, 0.6) is 5.75 Å². The van der Waals surface area contributed by atoms with Crippen molar-refractivity contribution >= 4 is 27.1 Å². The standard InChI is InChI=1S/C13H16ClN3O3S/c1-8-10(13(14)17(2)16-8)7-21(18,19)12-6-9(20-3)4-5-11(12)15/h4-6H,7,15H2,1-3H3. The van der Waals surface area contributed by atoms with Crippen molar-refractivity contribution in [3.63, 3.8) is 0 Å². The molecule has 0 aliphatic rings. The maximum Gasteiger partial charge on any atom is 0.184 e. The molecule has 1 heterocycles. The summed E-state index contributed by atoms with van der Waals surface area (Å²) >= 11 is 6.09. The van der Waals surface area contributed by atoms with E-state index in [1.165, 1.54) is 23.9 Å². The molecule has 0 unspecified atom stereocenters. The number of sulfone groups is 1. The third kappa shape index (κ3) is 2.98. The highest BCUT2D eigenvalue weighted by Gasteiger charge is 2.24. The number of hydrogen-bond donors (Lipinski definition) is 1. The Bertz CT molecular complexity index is 784. The fraction of sp³-hybridized carbons (Fsp3) is 0.308. The summed E-state index contributed by atoms with van der Waals surface area (Å²) in [5, 5.41) is 4.41. The van der Waals surface area contributed by atoms with E-state index in [0.29, 0.717) is 22.2 Å². The first-order valence-corrected chi connectivity index (χ1v) is 8.13. The lowest BCUT2D eigenvalue weighted by Gasteiger charge is -2.09. The van der Waals surface area contributed by atoms with Gasteiger partial charge in [-0.1, -0.05) is 11.6 Å². The predicted octanol–water partition coefficient (Wildman–Crippen LogP) is 1.95. The van der Waals surface area contributed by atoms with Gasteiger partial charge in [0.2, 0.25) is 0 Å². The van der Waals surface area contributed by atoms with E-state index in [1.807, 2.05) is 0 Å². The molecule has 0 saturated heterocycles. The normalized spacial score (nSPS) is 11.6. The molecule has 8 heteroatoms. The molecule has 2 N–H and O–H groups in total. The van der Waals surface area contributed by atoms with E-state index in [1.54, 1.807) is 20.0 Å². The molecule has 0 spiro atoms. The van der Waals surface area contributed by atoms with Crippen LogP contribution in [-0.2, 0) is 22.6 Å².